The van der Waals surface area contributed by atoms with Gasteiger partial charge < -0.3 is 14.6 Å². The summed E-state index contributed by atoms with van der Waals surface area (Å²) in [6.07, 6.45) is 2.46. The third-order valence-electron chi connectivity index (χ3n) is 5.74. The highest BCUT2D eigenvalue weighted by Gasteiger charge is 2.39. The van der Waals surface area contributed by atoms with E-state index in [9.17, 15) is 13.2 Å². The number of halogens is 4. The maximum atomic E-state index is 14.4. The molecule has 0 fully saturated rings. The first-order valence-corrected chi connectivity index (χ1v) is 10.9. The Hall–Kier alpha value is -3.53. The van der Waals surface area contributed by atoms with Crippen LogP contribution in [0.25, 0.3) is 5.69 Å². The number of hydrogen-bond acceptors (Lipinski definition) is 5. The molecule has 5 rings (SSSR count). The van der Waals surface area contributed by atoms with Crippen molar-refractivity contribution in [2.75, 3.05) is 12.4 Å². The van der Waals surface area contributed by atoms with Gasteiger partial charge in [0.15, 0.2) is 0 Å². The molecule has 2 aromatic carbocycles. The van der Waals surface area contributed by atoms with Crippen molar-refractivity contribution in [1.82, 2.24) is 24.3 Å². The first-order valence-electron chi connectivity index (χ1n) is 10.5. The van der Waals surface area contributed by atoms with Crippen LogP contribution in [0.3, 0.4) is 0 Å². The average molecular weight is 489 g/mol. The zero-order chi connectivity index (χ0) is 23.9. The van der Waals surface area contributed by atoms with E-state index < -0.39 is 24.1 Å². The SMILES string of the molecule is COc1cc(Nc2nc3n(n2)CCC(F)(F)CC3c2ccc(F)cc2)ccc1-n1cnc(Cl)c1. The van der Waals surface area contributed by atoms with Crippen LogP contribution < -0.4 is 10.1 Å². The van der Waals surface area contributed by atoms with Crippen LogP contribution >= 0.6 is 11.6 Å². The van der Waals surface area contributed by atoms with E-state index in [1.807, 2.05) is 12.1 Å². The largest absolute Gasteiger partial charge is 0.494 e. The van der Waals surface area contributed by atoms with Crippen molar-refractivity contribution in [3.63, 3.8) is 0 Å². The molecule has 34 heavy (non-hydrogen) atoms. The van der Waals surface area contributed by atoms with Crippen LogP contribution in [0.15, 0.2) is 55.0 Å². The van der Waals surface area contributed by atoms with Gasteiger partial charge in [0.25, 0.3) is 5.92 Å². The number of anilines is 2. The Morgan fingerprint density at radius 2 is 1.97 bits per heavy atom. The quantitative estimate of drug-likeness (QED) is 0.398. The van der Waals surface area contributed by atoms with Crippen molar-refractivity contribution >= 4 is 23.2 Å². The smallest absolute Gasteiger partial charge is 0.250 e. The number of nitrogens with one attached hydrogen (secondary N) is 1. The number of aryl methyl sites for hydroxylation is 1. The average Bonchev–Trinajstić information content (AvgIpc) is 3.40. The standard InChI is InChI=1S/C23H20ClF3N6O/c1-34-19-10-16(6-7-18(19)32-12-20(24)28-13-32)29-22-30-21-17(14-2-4-15(25)5-3-14)11-23(26,27)8-9-33(21)31-22/h2-7,10,12-13,17H,8-9,11H2,1H3,(H,29,31). The summed E-state index contributed by atoms with van der Waals surface area (Å²) in [5.41, 5.74) is 1.95. The van der Waals surface area contributed by atoms with Gasteiger partial charge >= 0.3 is 0 Å². The fraction of sp³-hybridized carbons (Fsp3) is 0.261. The van der Waals surface area contributed by atoms with Crippen molar-refractivity contribution in [2.45, 2.75) is 31.2 Å². The van der Waals surface area contributed by atoms with Crippen molar-refractivity contribution in [1.29, 1.82) is 0 Å². The van der Waals surface area contributed by atoms with E-state index in [1.54, 1.807) is 30.3 Å². The maximum absolute atomic E-state index is 14.4. The van der Waals surface area contributed by atoms with E-state index in [4.69, 9.17) is 16.3 Å². The fourth-order valence-electron chi connectivity index (χ4n) is 4.08. The number of fused-ring (bicyclic) bond motifs is 1. The number of imidazole rings is 1. The van der Waals surface area contributed by atoms with Gasteiger partial charge in [-0.1, -0.05) is 23.7 Å². The summed E-state index contributed by atoms with van der Waals surface area (Å²) in [6, 6.07) is 10.9. The van der Waals surface area contributed by atoms with E-state index in [2.05, 4.69) is 20.4 Å². The Morgan fingerprint density at radius 1 is 1.18 bits per heavy atom. The lowest BCUT2D eigenvalue weighted by atomic mass is 9.92. The van der Waals surface area contributed by atoms with E-state index in [-0.39, 0.29) is 18.9 Å². The zero-order valence-electron chi connectivity index (χ0n) is 18.1. The first kappa shape index (κ1) is 22.3. The van der Waals surface area contributed by atoms with E-state index >= 15 is 0 Å². The van der Waals surface area contributed by atoms with Gasteiger partial charge in [-0.05, 0) is 29.8 Å². The number of alkyl halides is 2. The Morgan fingerprint density at radius 3 is 2.68 bits per heavy atom. The third-order valence-corrected chi connectivity index (χ3v) is 5.94. The topological polar surface area (TPSA) is 69.8 Å². The van der Waals surface area contributed by atoms with E-state index in [1.165, 1.54) is 28.9 Å². The summed E-state index contributed by atoms with van der Waals surface area (Å²) < 4.78 is 51.0. The number of aromatic nitrogens is 5. The molecule has 3 heterocycles. The summed E-state index contributed by atoms with van der Waals surface area (Å²) >= 11 is 5.92. The normalized spacial score (nSPS) is 17.1. The molecule has 2 aromatic heterocycles. The molecule has 0 bridgehead atoms. The van der Waals surface area contributed by atoms with E-state index in [0.29, 0.717) is 28.0 Å². The van der Waals surface area contributed by atoms with Crippen LogP contribution in [0.4, 0.5) is 24.8 Å². The Labute approximate surface area is 198 Å². The lowest BCUT2D eigenvalue weighted by molar-refractivity contribution is -0.0192. The Kier molecular flexibility index (Phi) is 5.68. The molecule has 0 aliphatic carbocycles. The van der Waals surface area contributed by atoms with Crippen molar-refractivity contribution in [2.24, 2.45) is 0 Å². The van der Waals surface area contributed by atoms with Gasteiger partial charge in [0.1, 0.15) is 28.9 Å². The molecule has 1 N–H and O–H groups in total. The fourth-order valence-corrected chi connectivity index (χ4v) is 4.23. The van der Waals surface area contributed by atoms with Gasteiger partial charge in [0.05, 0.1) is 12.8 Å². The second-order valence-electron chi connectivity index (χ2n) is 8.05. The second-order valence-corrected chi connectivity index (χ2v) is 8.43. The molecule has 1 atom stereocenters. The molecular weight excluding hydrogens is 469 g/mol. The number of hydrogen-bond donors (Lipinski definition) is 1. The minimum atomic E-state index is -2.88. The van der Waals surface area contributed by atoms with Gasteiger partial charge in [0.2, 0.25) is 5.95 Å². The predicted octanol–water partition coefficient (Wildman–Crippen LogP) is 5.57. The highest BCUT2D eigenvalue weighted by molar-refractivity contribution is 6.29. The van der Waals surface area contributed by atoms with Gasteiger partial charge in [-0.15, -0.1) is 5.10 Å². The molecule has 0 radical (unpaired) electrons. The van der Waals surface area contributed by atoms with Crippen molar-refractivity contribution < 1.29 is 17.9 Å². The van der Waals surface area contributed by atoms with Crippen molar-refractivity contribution in [3.05, 3.63) is 77.3 Å². The Balaban J connectivity index is 1.46. The molecule has 1 aliphatic rings. The molecule has 176 valence electrons. The number of methoxy groups -OCH3 is 1. The number of rotatable bonds is 5. The molecule has 0 spiro atoms. The summed E-state index contributed by atoms with van der Waals surface area (Å²) in [6.45, 7) is 0.0261. The van der Waals surface area contributed by atoms with Crippen LogP contribution in [-0.2, 0) is 6.54 Å². The molecule has 7 nitrogen and oxygen atoms in total. The highest BCUT2D eigenvalue weighted by atomic mass is 35.5. The number of ether oxygens (including phenoxy) is 1. The van der Waals surface area contributed by atoms with Gasteiger partial charge in [-0.3, -0.25) is 0 Å². The molecule has 0 amide bonds. The lowest BCUT2D eigenvalue weighted by Crippen LogP contribution is -2.19. The molecule has 11 heteroatoms. The molecule has 0 saturated carbocycles. The molecular formula is C23H20ClF3N6O. The molecule has 0 saturated heterocycles. The van der Waals surface area contributed by atoms with Crippen LogP contribution in [0, 0.1) is 5.82 Å². The minimum absolute atomic E-state index is 0.0261. The number of benzene rings is 2. The summed E-state index contributed by atoms with van der Waals surface area (Å²) in [7, 11) is 1.55. The highest BCUT2D eigenvalue weighted by Crippen LogP contribution is 2.40. The summed E-state index contributed by atoms with van der Waals surface area (Å²) in [5.74, 6) is -2.79. The van der Waals surface area contributed by atoms with E-state index in [0.717, 1.165) is 5.69 Å². The number of nitrogens with zero attached hydrogens (tertiary/aromatic N) is 5. The molecule has 4 aromatic rings. The zero-order valence-corrected chi connectivity index (χ0v) is 18.8. The molecule has 1 unspecified atom stereocenters. The van der Waals surface area contributed by atoms with Gasteiger partial charge in [-0.25, -0.2) is 22.8 Å². The lowest BCUT2D eigenvalue weighted by Gasteiger charge is -2.19. The first-order chi connectivity index (χ1) is 16.3. The minimum Gasteiger partial charge on any atom is -0.494 e. The maximum Gasteiger partial charge on any atom is 0.250 e. The summed E-state index contributed by atoms with van der Waals surface area (Å²) in [4.78, 5) is 8.54. The van der Waals surface area contributed by atoms with Crippen LogP contribution in [-0.4, -0.2) is 37.3 Å². The van der Waals surface area contributed by atoms with Gasteiger partial charge in [-0.2, -0.15) is 4.98 Å². The predicted molar refractivity (Wildman–Crippen MR) is 121 cm³/mol. The van der Waals surface area contributed by atoms with Crippen molar-refractivity contribution in [3.8, 4) is 11.4 Å². The summed E-state index contributed by atoms with van der Waals surface area (Å²) in [5, 5.41) is 7.89. The molecule has 1 aliphatic heterocycles. The third kappa shape index (κ3) is 4.45. The Bertz CT molecular complexity index is 1320. The van der Waals surface area contributed by atoms with Crippen LogP contribution in [0.5, 0.6) is 5.75 Å². The second kappa shape index (κ2) is 8.68. The van der Waals surface area contributed by atoms with Crippen LogP contribution in [0.1, 0.15) is 30.1 Å². The monoisotopic (exact) mass is 488 g/mol. The van der Waals surface area contributed by atoms with Crippen LogP contribution in [0.2, 0.25) is 5.15 Å². The van der Waals surface area contributed by atoms with Gasteiger partial charge in [0, 0.05) is 43.3 Å².